The van der Waals surface area contributed by atoms with Gasteiger partial charge in [-0.1, -0.05) is 191 Å². The average Bonchev–Trinajstić information content (AvgIpc) is 4.00. The highest BCUT2D eigenvalue weighted by Crippen LogP contribution is 2.59. The fourth-order valence-corrected chi connectivity index (χ4v) is 12.1. The highest BCUT2D eigenvalue weighted by molar-refractivity contribution is 6.15. The van der Waals surface area contributed by atoms with Crippen molar-refractivity contribution in [3.8, 4) is 33.4 Å². The van der Waals surface area contributed by atoms with Gasteiger partial charge in [-0.25, -0.2) is 0 Å². The van der Waals surface area contributed by atoms with Crippen molar-refractivity contribution >= 4 is 39.0 Å². The van der Waals surface area contributed by atoms with Gasteiger partial charge in [0, 0.05) is 33.2 Å². The van der Waals surface area contributed by atoms with Gasteiger partial charge in [0.2, 0.25) is 0 Å². The fraction of sp³-hybridized carbons (Fsp3) is 0.115. The highest BCUT2D eigenvalue weighted by atomic mass is 16.3. The molecule has 0 saturated carbocycles. The highest BCUT2D eigenvalue weighted by Gasteiger charge is 2.48. The van der Waals surface area contributed by atoms with Gasteiger partial charge in [0.05, 0.1) is 16.5 Å². The first-order valence-electron chi connectivity index (χ1n) is 22.3. The third kappa shape index (κ3) is 4.73. The summed E-state index contributed by atoms with van der Waals surface area (Å²) in [5, 5.41) is 2.20. The Balaban J connectivity index is 1.09. The standard InChI is InChI=1S/C61H45NO/c1-59(2)48-25-12-8-20-41(48)45-34-32-39(36-53(45)59)62(40-33-35-46-42-21-9-13-26-49(42)60(3,4)54(46)37-40)55-30-17-31-56-57(55)47-24-16-29-52(58(47)63-56)61(38-18-6-5-7-19-38)50-27-14-10-22-43(50)44-23-11-15-28-51(44)61/h5-37H,1-4H3. The maximum absolute atomic E-state index is 7.31. The second-order valence-electron chi connectivity index (χ2n) is 18.8. The van der Waals surface area contributed by atoms with Crippen LogP contribution in [0.4, 0.5) is 17.1 Å². The quantitative estimate of drug-likeness (QED) is 0.172. The Labute approximate surface area is 368 Å². The van der Waals surface area contributed by atoms with Crippen molar-refractivity contribution in [2.45, 2.75) is 43.9 Å². The Morgan fingerprint density at radius 3 is 1.37 bits per heavy atom. The Kier molecular flexibility index (Phi) is 7.37. The number of hydrogen-bond donors (Lipinski definition) is 0. The predicted octanol–water partition coefficient (Wildman–Crippen LogP) is 16.0. The van der Waals surface area contributed by atoms with E-state index in [0.717, 1.165) is 44.6 Å². The second-order valence-corrected chi connectivity index (χ2v) is 18.8. The van der Waals surface area contributed by atoms with Crippen LogP contribution in [0.15, 0.2) is 205 Å². The number of hydrogen-bond acceptors (Lipinski definition) is 2. The Bertz CT molecular complexity index is 3380. The number of benzene rings is 9. The molecule has 2 nitrogen and oxygen atoms in total. The van der Waals surface area contributed by atoms with Crippen molar-refractivity contribution in [2.24, 2.45) is 0 Å². The maximum Gasteiger partial charge on any atom is 0.140 e. The van der Waals surface area contributed by atoms with Crippen LogP contribution in [0, 0.1) is 0 Å². The largest absolute Gasteiger partial charge is 0.456 e. The minimum Gasteiger partial charge on any atom is -0.456 e. The molecule has 63 heavy (non-hydrogen) atoms. The predicted molar refractivity (Wildman–Crippen MR) is 261 cm³/mol. The molecule has 0 fully saturated rings. The van der Waals surface area contributed by atoms with E-state index in [0.29, 0.717) is 0 Å². The minimum atomic E-state index is -0.594. The molecule has 0 unspecified atom stereocenters. The Morgan fingerprint density at radius 1 is 0.365 bits per heavy atom. The van der Waals surface area contributed by atoms with Crippen molar-refractivity contribution in [3.63, 3.8) is 0 Å². The Hall–Kier alpha value is -7.42. The molecule has 2 heteroatoms. The lowest BCUT2D eigenvalue weighted by Gasteiger charge is -2.33. The molecule has 0 atom stereocenters. The van der Waals surface area contributed by atoms with Gasteiger partial charge < -0.3 is 9.32 Å². The molecule has 9 aromatic carbocycles. The van der Waals surface area contributed by atoms with Crippen LogP contribution in [0.5, 0.6) is 0 Å². The summed E-state index contributed by atoms with van der Waals surface area (Å²) in [6.45, 7) is 9.48. The minimum absolute atomic E-state index is 0.155. The van der Waals surface area contributed by atoms with Crippen molar-refractivity contribution in [1.82, 2.24) is 0 Å². The van der Waals surface area contributed by atoms with Crippen LogP contribution in [-0.2, 0) is 16.2 Å². The molecule has 1 aromatic heterocycles. The van der Waals surface area contributed by atoms with Crippen LogP contribution in [0.3, 0.4) is 0 Å². The van der Waals surface area contributed by atoms with E-state index < -0.39 is 5.41 Å². The van der Waals surface area contributed by atoms with Crippen LogP contribution in [0.1, 0.15) is 72.2 Å². The second kappa shape index (κ2) is 12.8. The lowest BCUT2D eigenvalue weighted by molar-refractivity contribution is 0.648. The summed E-state index contributed by atoms with van der Waals surface area (Å²) in [6, 6.07) is 74.4. The summed E-state index contributed by atoms with van der Waals surface area (Å²) in [5.74, 6) is 0. The molecule has 0 amide bonds. The molecular weight excluding hydrogens is 763 g/mol. The van der Waals surface area contributed by atoms with E-state index in [1.54, 1.807) is 0 Å². The van der Waals surface area contributed by atoms with Crippen LogP contribution in [0.2, 0.25) is 0 Å². The van der Waals surface area contributed by atoms with Gasteiger partial charge in [-0.05, 0) is 109 Å². The number of rotatable bonds is 5. The average molecular weight is 808 g/mol. The van der Waals surface area contributed by atoms with E-state index >= 15 is 0 Å². The number of anilines is 3. The van der Waals surface area contributed by atoms with E-state index in [2.05, 4.69) is 233 Å². The molecule has 0 radical (unpaired) electrons. The lowest BCUT2D eigenvalue weighted by atomic mass is 9.67. The van der Waals surface area contributed by atoms with E-state index in [4.69, 9.17) is 4.42 Å². The lowest BCUT2D eigenvalue weighted by Crippen LogP contribution is -2.28. The van der Waals surface area contributed by atoms with Crippen LogP contribution < -0.4 is 4.90 Å². The summed E-state index contributed by atoms with van der Waals surface area (Å²) in [6.07, 6.45) is 0. The summed E-state index contributed by atoms with van der Waals surface area (Å²) in [5.41, 5.74) is 22.4. The SMILES string of the molecule is CC1(C)c2ccccc2-c2ccc(N(c3ccc4c(c3)C(C)(C)c3ccccc3-4)c3cccc4oc5c(C6(c7ccccc7)c7ccccc7-c7ccccc76)cccc5c34)cc21. The first-order valence-corrected chi connectivity index (χ1v) is 22.3. The van der Waals surface area contributed by atoms with Crippen molar-refractivity contribution < 1.29 is 4.42 Å². The zero-order valence-electron chi connectivity index (χ0n) is 35.9. The third-order valence-electron chi connectivity index (χ3n) is 15.0. The van der Waals surface area contributed by atoms with Crippen LogP contribution in [0.25, 0.3) is 55.3 Å². The van der Waals surface area contributed by atoms with Gasteiger partial charge in [-0.2, -0.15) is 0 Å². The summed E-state index contributed by atoms with van der Waals surface area (Å²) in [7, 11) is 0. The smallest absolute Gasteiger partial charge is 0.140 e. The van der Waals surface area contributed by atoms with Gasteiger partial charge in [-0.15, -0.1) is 0 Å². The van der Waals surface area contributed by atoms with E-state index in [1.807, 2.05) is 0 Å². The third-order valence-corrected chi connectivity index (χ3v) is 15.0. The molecule has 0 bridgehead atoms. The van der Waals surface area contributed by atoms with E-state index in [-0.39, 0.29) is 10.8 Å². The molecule has 0 N–H and O–H groups in total. The Morgan fingerprint density at radius 2 is 0.810 bits per heavy atom. The molecule has 13 rings (SSSR count). The number of nitrogens with zero attached hydrogens (tertiary/aromatic N) is 1. The molecule has 1 heterocycles. The first kappa shape index (κ1) is 36.3. The maximum atomic E-state index is 7.31. The zero-order chi connectivity index (χ0) is 42.2. The number of fused-ring (bicyclic) bond motifs is 12. The topological polar surface area (TPSA) is 16.4 Å². The molecule has 0 aliphatic heterocycles. The number of para-hydroxylation sites is 1. The normalized spacial score (nSPS) is 15.4. The molecule has 10 aromatic rings. The van der Waals surface area contributed by atoms with Gasteiger partial charge in [-0.3, -0.25) is 0 Å². The van der Waals surface area contributed by atoms with Crippen LogP contribution in [-0.4, -0.2) is 0 Å². The summed E-state index contributed by atoms with van der Waals surface area (Å²) < 4.78 is 7.31. The van der Waals surface area contributed by atoms with Crippen LogP contribution >= 0.6 is 0 Å². The molecular formula is C61H45NO. The molecule has 3 aliphatic rings. The summed E-state index contributed by atoms with van der Waals surface area (Å²) >= 11 is 0. The summed E-state index contributed by atoms with van der Waals surface area (Å²) in [4.78, 5) is 2.50. The zero-order valence-corrected chi connectivity index (χ0v) is 35.9. The van der Waals surface area contributed by atoms with Crippen molar-refractivity contribution in [3.05, 3.63) is 245 Å². The molecule has 0 saturated heterocycles. The van der Waals surface area contributed by atoms with Gasteiger partial charge in [0.25, 0.3) is 0 Å². The molecule has 300 valence electrons. The first-order chi connectivity index (χ1) is 30.8. The van der Waals surface area contributed by atoms with Crippen molar-refractivity contribution in [2.75, 3.05) is 4.90 Å². The molecule has 0 spiro atoms. The molecule has 3 aliphatic carbocycles. The van der Waals surface area contributed by atoms with Gasteiger partial charge >= 0.3 is 0 Å². The van der Waals surface area contributed by atoms with Gasteiger partial charge in [0.15, 0.2) is 0 Å². The number of furan rings is 1. The van der Waals surface area contributed by atoms with E-state index in [9.17, 15) is 0 Å². The van der Waals surface area contributed by atoms with Crippen molar-refractivity contribution in [1.29, 1.82) is 0 Å². The van der Waals surface area contributed by atoms with Gasteiger partial charge in [0.1, 0.15) is 11.2 Å². The fourth-order valence-electron chi connectivity index (χ4n) is 12.1. The monoisotopic (exact) mass is 807 g/mol. The van der Waals surface area contributed by atoms with E-state index in [1.165, 1.54) is 72.3 Å².